The molecule has 0 spiro atoms. The molecule has 0 radical (unpaired) electrons. The summed E-state index contributed by atoms with van der Waals surface area (Å²) >= 11 is 5.63. The van der Waals surface area contributed by atoms with Crippen molar-refractivity contribution < 1.29 is 9.21 Å². The molecule has 1 N–H and O–H groups in total. The molecule has 1 fully saturated rings. The standard InChI is InChI=1S/C10H13ClN2O2.ClH/c1-7-6-12-4-5-13(7)10(14)8-2-3-9(11)15-8;/h2-3,7,12H,4-6H2,1H3;1H/t7-;/m1./s1. The van der Waals surface area contributed by atoms with Gasteiger partial charge in [0.2, 0.25) is 0 Å². The number of halogens is 2. The Morgan fingerprint density at radius 3 is 2.94 bits per heavy atom. The van der Waals surface area contributed by atoms with Crippen molar-refractivity contribution in [3.63, 3.8) is 0 Å². The van der Waals surface area contributed by atoms with E-state index in [1.807, 2.05) is 6.92 Å². The number of hydrogen-bond donors (Lipinski definition) is 1. The first-order chi connectivity index (χ1) is 7.18. The highest BCUT2D eigenvalue weighted by Gasteiger charge is 2.25. The largest absolute Gasteiger partial charge is 0.440 e. The summed E-state index contributed by atoms with van der Waals surface area (Å²) in [6.07, 6.45) is 0. The second-order valence-corrected chi connectivity index (χ2v) is 4.03. The van der Waals surface area contributed by atoms with Crippen molar-refractivity contribution in [3.05, 3.63) is 23.1 Å². The fraction of sp³-hybridized carbons (Fsp3) is 0.500. The lowest BCUT2D eigenvalue weighted by Gasteiger charge is -2.33. The molecule has 1 amide bonds. The number of nitrogens with zero attached hydrogens (tertiary/aromatic N) is 1. The molecule has 0 unspecified atom stereocenters. The molecule has 1 aromatic rings. The molecule has 1 aliphatic rings. The van der Waals surface area contributed by atoms with Crippen LogP contribution in [0.25, 0.3) is 0 Å². The number of hydrogen-bond acceptors (Lipinski definition) is 3. The van der Waals surface area contributed by atoms with Crippen molar-refractivity contribution >= 4 is 29.9 Å². The Morgan fingerprint density at radius 1 is 1.62 bits per heavy atom. The normalized spacial score (nSPS) is 20.4. The lowest BCUT2D eigenvalue weighted by molar-refractivity contribution is 0.0623. The molecule has 6 heteroatoms. The number of piperazine rings is 1. The number of carbonyl (C=O) groups is 1. The predicted octanol–water partition coefficient (Wildman–Crippen LogP) is 1.79. The summed E-state index contributed by atoms with van der Waals surface area (Å²) in [6, 6.07) is 3.39. The van der Waals surface area contributed by atoms with Crippen LogP contribution in [-0.4, -0.2) is 36.5 Å². The maximum atomic E-state index is 12.0. The molecule has 2 heterocycles. The van der Waals surface area contributed by atoms with E-state index in [9.17, 15) is 4.79 Å². The van der Waals surface area contributed by atoms with E-state index in [1.165, 1.54) is 0 Å². The Morgan fingerprint density at radius 2 is 2.38 bits per heavy atom. The lowest BCUT2D eigenvalue weighted by Crippen LogP contribution is -2.52. The molecular formula is C10H14Cl2N2O2. The minimum atomic E-state index is -0.0871. The molecule has 1 aromatic heterocycles. The zero-order valence-corrected chi connectivity index (χ0v) is 10.5. The molecular weight excluding hydrogens is 251 g/mol. The first-order valence-electron chi connectivity index (χ1n) is 4.95. The maximum absolute atomic E-state index is 12.0. The first kappa shape index (κ1) is 13.4. The van der Waals surface area contributed by atoms with Gasteiger partial charge in [0.05, 0.1) is 0 Å². The highest BCUT2D eigenvalue weighted by Crippen LogP contribution is 2.16. The third-order valence-corrected chi connectivity index (χ3v) is 2.75. The average molecular weight is 265 g/mol. The van der Waals surface area contributed by atoms with Gasteiger partial charge in [0.1, 0.15) is 0 Å². The van der Waals surface area contributed by atoms with Crippen LogP contribution in [0.1, 0.15) is 17.5 Å². The minimum absolute atomic E-state index is 0. The molecule has 1 aliphatic heterocycles. The van der Waals surface area contributed by atoms with E-state index < -0.39 is 0 Å². The summed E-state index contributed by atoms with van der Waals surface area (Å²) in [5.74, 6) is 0.227. The van der Waals surface area contributed by atoms with Gasteiger partial charge in [-0.2, -0.15) is 0 Å². The quantitative estimate of drug-likeness (QED) is 0.842. The fourth-order valence-corrected chi connectivity index (χ4v) is 1.86. The monoisotopic (exact) mass is 264 g/mol. The number of rotatable bonds is 1. The summed E-state index contributed by atoms with van der Waals surface area (Å²) < 4.78 is 5.10. The number of carbonyl (C=O) groups excluding carboxylic acids is 1. The van der Waals surface area contributed by atoms with Crippen LogP contribution in [0.3, 0.4) is 0 Å². The van der Waals surface area contributed by atoms with Gasteiger partial charge >= 0.3 is 0 Å². The van der Waals surface area contributed by atoms with E-state index in [0.29, 0.717) is 12.3 Å². The molecule has 4 nitrogen and oxygen atoms in total. The van der Waals surface area contributed by atoms with Crippen LogP contribution in [0.15, 0.2) is 16.5 Å². The summed E-state index contributed by atoms with van der Waals surface area (Å²) in [5, 5.41) is 3.48. The Bertz CT molecular complexity index is 367. The average Bonchev–Trinajstić information content (AvgIpc) is 2.65. The van der Waals surface area contributed by atoms with Crippen LogP contribution in [0.4, 0.5) is 0 Å². The van der Waals surface area contributed by atoms with E-state index in [4.69, 9.17) is 16.0 Å². The van der Waals surface area contributed by atoms with E-state index in [-0.39, 0.29) is 29.6 Å². The summed E-state index contributed by atoms with van der Waals surface area (Å²) in [6.45, 7) is 4.36. The van der Waals surface area contributed by atoms with Crippen LogP contribution in [0, 0.1) is 0 Å². The van der Waals surface area contributed by atoms with E-state index in [2.05, 4.69) is 5.32 Å². The number of furan rings is 1. The zero-order chi connectivity index (χ0) is 10.8. The van der Waals surface area contributed by atoms with E-state index in [1.54, 1.807) is 17.0 Å². The van der Waals surface area contributed by atoms with Crippen LogP contribution in [0.2, 0.25) is 5.22 Å². The van der Waals surface area contributed by atoms with Crippen LogP contribution >= 0.6 is 24.0 Å². The zero-order valence-electron chi connectivity index (χ0n) is 8.90. The maximum Gasteiger partial charge on any atom is 0.289 e. The van der Waals surface area contributed by atoms with Crippen LogP contribution in [0.5, 0.6) is 0 Å². The van der Waals surface area contributed by atoms with Gasteiger partial charge in [0.25, 0.3) is 5.91 Å². The van der Waals surface area contributed by atoms with Gasteiger partial charge < -0.3 is 14.6 Å². The molecule has 0 saturated carbocycles. The Labute approximate surface area is 105 Å². The topological polar surface area (TPSA) is 45.5 Å². The van der Waals surface area contributed by atoms with Gasteiger partial charge in [-0.1, -0.05) is 0 Å². The van der Waals surface area contributed by atoms with Gasteiger partial charge in [-0.15, -0.1) is 12.4 Å². The Hall–Kier alpha value is -0.710. The number of amides is 1. The minimum Gasteiger partial charge on any atom is -0.440 e. The second-order valence-electron chi connectivity index (χ2n) is 3.66. The van der Waals surface area contributed by atoms with E-state index in [0.717, 1.165) is 13.1 Å². The van der Waals surface area contributed by atoms with Crippen molar-refractivity contribution in [2.45, 2.75) is 13.0 Å². The Kier molecular flexibility index (Phi) is 4.65. The molecule has 1 saturated heterocycles. The summed E-state index contributed by atoms with van der Waals surface area (Å²) in [5.41, 5.74) is 0. The highest BCUT2D eigenvalue weighted by molar-refractivity contribution is 6.29. The van der Waals surface area contributed by atoms with Crippen molar-refractivity contribution in [2.75, 3.05) is 19.6 Å². The predicted molar refractivity (Wildman–Crippen MR) is 64.3 cm³/mol. The summed E-state index contributed by atoms with van der Waals surface area (Å²) in [7, 11) is 0. The molecule has 2 rings (SSSR count). The molecule has 0 aromatic carbocycles. The van der Waals surface area contributed by atoms with Gasteiger partial charge in [-0.05, 0) is 30.7 Å². The smallest absolute Gasteiger partial charge is 0.289 e. The van der Waals surface area contributed by atoms with Gasteiger partial charge in [-0.3, -0.25) is 4.79 Å². The molecule has 16 heavy (non-hydrogen) atoms. The third kappa shape index (κ3) is 2.70. The van der Waals surface area contributed by atoms with Crippen molar-refractivity contribution in [3.8, 4) is 0 Å². The fourth-order valence-electron chi connectivity index (χ4n) is 1.71. The first-order valence-corrected chi connectivity index (χ1v) is 5.33. The van der Waals surface area contributed by atoms with Crippen molar-refractivity contribution in [1.29, 1.82) is 0 Å². The summed E-state index contributed by atoms with van der Waals surface area (Å²) in [4.78, 5) is 13.8. The van der Waals surface area contributed by atoms with E-state index >= 15 is 0 Å². The van der Waals surface area contributed by atoms with Gasteiger partial charge in [0.15, 0.2) is 11.0 Å². The molecule has 1 atom stereocenters. The third-order valence-electron chi connectivity index (χ3n) is 2.55. The molecule has 0 aliphatic carbocycles. The van der Waals surface area contributed by atoms with Crippen molar-refractivity contribution in [2.24, 2.45) is 0 Å². The van der Waals surface area contributed by atoms with Gasteiger partial charge in [-0.25, -0.2) is 0 Å². The van der Waals surface area contributed by atoms with Crippen LogP contribution < -0.4 is 5.32 Å². The second kappa shape index (κ2) is 5.57. The Balaban J connectivity index is 0.00000128. The lowest BCUT2D eigenvalue weighted by atomic mass is 10.2. The molecule has 90 valence electrons. The molecule has 0 bridgehead atoms. The van der Waals surface area contributed by atoms with Crippen LogP contribution in [-0.2, 0) is 0 Å². The SMILES string of the molecule is C[C@@H]1CNCCN1C(=O)c1ccc(Cl)o1.Cl. The number of nitrogens with one attached hydrogen (secondary N) is 1. The van der Waals surface area contributed by atoms with Gasteiger partial charge in [0, 0.05) is 25.7 Å². The highest BCUT2D eigenvalue weighted by atomic mass is 35.5. The van der Waals surface area contributed by atoms with Crippen molar-refractivity contribution in [1.82, 2.24) is 10.2 Å².